The maximum absolute atomic E-state index is 12.7. The van der Waals surface area contributed by atoms with Crippen LogP contribution < -0.4 is 0 Å². The van der Waals surface area contributed by atoms with Gasteiger partial charge in [-0.2, -0.15) is 0 Å². The van der Waals surface area contributed by atoms with Crippen LogP contribution in [0.5, 0.6) is 0 Å². The predicted molar refractivity (Wildman–Crippen MR) is 102 cm³/mol. The lowest BCUT2D eigenvalue weighted by atomic mass is 10.1. The highest BCUT2D eigenvalue weighted by Gasteiger charge is 2.20. The minimum atomic E-state index is -0.269. The smallest absolute Gasteiger partial charge is 0.196 e. The van der Waals surface area contributed by atoms with E-state index in [1.165, 1.54) is 17.3 Å². The zero-order valence-corrected chi connectivity index (χ0v) is 15.6. The second kappa shape index (κ2) is 7.85. The molecule has 128 valence electrons. The number of thioether (sulfide) groups is 1. The van der Waals surface area contributed by atoms with Gasteiger partial charge in [0.1, 0.15) is 6.33 Å². The van der Waals surface area contributed by atoms with Crippen molar-refractivity contribution < 1.29 is 4.79 Å². The SMILES string of the molecule is CCc1ccc(C(=O)[C@@H](C)Sc2nncn2-c2cccc(Cl)c2)cc1. The highest BCUT2D eigenvalue weighted by Crippen LogP contribution is 2.27. The van der Waals surface area contributed by atoms with Crippen molar-refractivity contribution in [3.63, 3.8) is 0 Å². The van der Waals surface area contributed by atoms with E-state index in [-0.39, 0.29) is 11.0 Å². The molecule has 0 amide bonds. The normalized spacial score (nSPS) is 12.1. The summed E-state index contributed by atoms with van der Waals surface area (Å²) in [5.41, 5.74) is 2.80. The Labute approximate surface area is 156 Å². The number of benzene rings is 2. The van der Waals surface area contributed by atoms with Crippen LogP contribution in [0.1, 0.15) is 29.8 Å². The number of carbonyl (C=O) groups is 1. The lowest BCUT2D eigenvalue weighted by molar-refractivity contribution is 0.0994. The van der Waals surface area contributed by atoms with Crippen molar-refractivity contribution in [3.8, 4) is 5.69 Å². The summed E-state index contributed by atoms with van der Waals surface area (Å²) in [5.74, 6) is 0.0771. The van der Waals surface area contributed by atoms with Crippen molar-refractivity contribution in [1.29, 1.82) is 0 Å². The van der Waals surface area contributed by atoms with Gasteiger partial charge in [-0.05, 0) is 37.1 Å². The Morgan fingerprint density at radius 1 is 1.24 bits per heavy atom. The highest BCUT2D eigenvalue weighted by molar-refractivity contribution is 8.00. The molecule has 0 fully saturated rings. The summed E-state index contributed by atoms with van der Waals surface area (Å²) in [6.07, 6.45) is 2.59. The third kappa shape index (κ3) is 4.11. The molecule has 2 aromatic carbocycles. The molecule has 0 unspecified atom stereocenters. The van der Waals surface area contributed by atoms with Crippen LogP contribution >= 0.6 is 23.4 Å². The van der Waals surface area contributed by atoms with E-state index in [9.17, 15) is 4.79 Å². The first-order valence-corrected chi connectivity index (χ1v) is 9.30. The van der Waals surface area contributed by atoms with Crippen LogP contribution in [0, 0.1) is 0 Å². The minimum absolute atomic E-state index is 0.0771. The molecular weight excluding hydrogens is 354 g/mol. The summed E-state index contributed by atoms with van der Waals surface area (Å²) in [4.78, 5) is 12.7. The monoisotopic (exact) mass is 371 g/mol. The van der Waals surface area contributed by atoms with E-state index in [4.69, 9.17) is 11.6 Å². The fourth-order valence-electron chi connectivity index (χ4n) is 2.46. The molecule has 6 heteroatoms. The van der Waals surface area contributed by atoms with Crippen molar-refractivity contribution in [2.75, 3.05) is 0 Å². The Morgan fingerprint density at radius 3 is 2.68 bits per heavy atom. The number of nitrogens with zero attached hydrogens (tertiary/aromatic N) is 3. The first kappa shape index (κ1) is 17.7. The van der Waals surface area contributed by atoms with Gasteiger partial charge in [0, 0.05) is 10.6 Å². The fraction of sp³-hybridized carbons (Fsp3) is 0.211. The maximum atomic E-state index is 12.7. The third-order valence-corrected chi connectivity index (χ3v) is 5.19. The summed E-state index contributed by atoms with van der Waals surface area (Å²) in [5, 5.41) is 9.15. The van der Waals surface area contributed by atoms with Crippen LogP contribution in [0.4, 0.5) is 0 Å². The topological polar surface area (TPSA) is 47.8 Å². The van der Waals surface area contributed by atoms with Crippen molar-refractivity contribution in [2.24, 2.45) is 0 Å². The summed E-state index contributed by atoms with van der Waals surface area (Å²) in [6, 6.07) is 15.2. The molecule has 0 saturated heterocycles. The number of Topliss-reactive ketones (excluding diaryl/α,β-unsaturated/α-hetero) is 1. The van der Waals surface area contributed by atoms with Gasteiger partial charge in [-0.25, -0.2) is 0 Å². The van der Waals surface area contributed by atoms with Crippen molar-refractivity contribution in [1.82, 2.24) is 14.8 Å². The number of aromatic nitrogens is 3. The summed E-state index contributed by atoms with van der Waals surface area (Å²) in [7, 11) is 0. The third-order valence-electron chi connectivity index (χ3n) is 3.90. The minimum Gasteiger partial charge on any atom is -0.293 e. The summed E-state index contributed by atoms with van der Waals surface area (Å²) >= 11 is 7.45. The molecule has 3 rings (SSSR count). The van der Waals surface area contributed by atoms with E-state index in [0.29, 0.717) is 15.7 Å². The van der Waals surface area contributed by atoms with Crippen LogP contribution in [0.3, 0.4) is 0 Å². The molecule has 25 heavy (non-hydrogen) atoms. The van der Waals surface area contributed by atoms with E-state index in [1.54, 1.807) is 6.33 Å². The van der Waals surface area contributed by atoms with Gasteiger partial charge in [0.2, 0.25) is 0 Å². The Bertz CT molecular complexity index is 876. The molecule has 4 nitrogen and oxygen atoms in total. The molecule has 1 heterocycles. The van der Waals surface area contributed by atoms with Gasteiger partial charge < -0.3 is 0 Å². The Morgan fingerprint density at radius 2 is 2.00 bits per heavy atom. The van der Waals surface area contributed by atoms with Gasteiger partial charge in [-0.3, -0.25) is 9.36 Å². The lowest BCUT2D eigenvalue weighted by Crippen LogP contribution is -2.14. The first-order chi connectivity index (χ1) is 12.1. The Balaban J connectivity index is 1.78. The second-order valence-electron chi connectivity index (χ2n) is 5.64. The molecule has 0 aliphatic heterocycles. The largest absolute Gasteiger partial charge is 0.293 e. The van der Waals surface area contributed by atoms with E-state index in [2.05, 4.69) is 17.1 Å². The molecule has 0 spiro atoms. The predicted octanol–water partition coefficient (Wildman–Crippen LogP) is 4.85. The van der Waals surface area contributed by atoms with Crippen molar-refractivity contribution >= 4 is 29.1 Å². The quantitative estimate of drug-likeness (QED) is 0.459. The van der Waals surface area contributed by atoms with Crippen LogP contribution in [0.15, 0.2) is 60.0 Å². The van der Waals surface area contributed by atoms with Crippen LogP contribution in [-0.4, -0.2) is 25.8 Å². The maximum Gasteiger partial charge on any atom is 0.196 e. The van der Waals surface area contributed by atoms with Crippen molar-refractivity contribution in [2.45, 2.75) is 30.7 Å². The Kier molecular flexibility index (Phi) is 5.56. The average Bonchev–Trinajstić information content (AvgIpc) is 3.09. The molecule has 0 aliphatic rings. The molecule has 3 aromatic rings. The van der Waals surface area contributed by atoms with Crippen LogP contribution in [0.25, 0.3) is 5.69 Å². The summed E-state index contributed by atoms with van der Waals surface area (Å²) in [6.45, 7) is 3.98. The molecule has 0 aliphatic carbocycles. The number of halogens is 1. The fourth-order valence-corrected chi connectivity index (χ4v) is 3.56. The molecule has 0 saturated carbocycles. The first-order valence-electron chi connectivity index (χ1n) is 8.04. The standard InChI is InChI=1S/C19H18ClN3OS/c1-3-14-7-9-15(10-8-14)18(24)13(2)25-19-22-21-12-23(19)17-6-4-5-16(20)11-17/h4-13H,3H2,1-2H3/t13-/m1/s1. The molecule has 0 bridgehead atoms. The van der Waals surface area contributed by atoms with E-state index in [1.807, 2.05) is 60.0 Å². The van der Waals surface area contributed by atoms with Gasteiger partial charge in [-0.1, -0.05) is 60.6 Å². The number of hydrogen-bond acceptors (Lipinski definition) is 4. The zero-order valence-electron chi connectivity index (χ0n) is 14.0. The van der Waals surface area contributed by atoms with E-state index in [0.717, 1.165) is 12.1 Å². The molecule has 0 radical (unpaired) electrons. The van der Waals surface area contributed by atoms with Gasteiger partial charge in [-0.15, -0.1) is 10.2 Å². The van der Waals surface area contributed by atoms with Gasteiger partial charge >= 0.3 is 0 Å². The number of ketones is 1. The van der Waals surface area contributed by atoms with Gasteiger partial charge in [0.05, 0.1) is 10.9 Å². The summed E-state index contributed by atoms with van der Waals surface area (Å²) < 4.78 is 1.83. The van der Waals surface area contributed by atoms with Crippen molar-refractivity contribution in [3.05, 3.63) is 71.0 Å². The van der Waals surface area contributed by atoms with E-state index >= 15 is 0 Å². The number of rotatable bonds is 6. The molecule has 1 aromatic heterocycles. The molecule has 1 atom stereocenters. The molecular formula is C19H18ClN3OS. The van der Waals surface area contributed by atoms with Crippen LogP contribution in [0.2, 0.25) is 5.02 Å². The number of carbonyl (C=O) groups excluding carboxylic acids is 1. The van der Waals surface area contributed by atoms with E-state index < -0.39 is 0 Å². The highest BCUT2D eigenvalue weighted by atomic mass is 35.5. The number of aryl methyl sites for hydroxylation is 1. The van der Waals surface area contributed by atoms with Gasteiger partial charge in [0.25, 0.3) is 0 Å². The zero-order chi connectivity index (χ0) is 17.8. The Hall–Kier alpha value is -2.11. The molecule has 0 N–H and O–H groups in total. The van der Waals surface area contributed by atoms with Gasteiger partial charge in [0.15, 0.2) is 10.9 Å². The lowest BCUT2D eigenvalue weighted by Gasteiger charge is -2.11. The number of hydrogen-bond donors (Lipinski definition) is 0. The van der Waals surface area contributed by atoms with Crippen LogP contribution in [-0.2, 0) is 6.42 Å². The average molecular weight is 372 g/mol. The second-order valence-corrected chi connectivity index (χ2v) is 7.38.